The van der Waals surface area contributed by atoms with Gasteiger partial charge in [0.25, 0.3) is 5.92 Å². The first-order valence-corrected chi connectivity index (χ1v) is 5.66. The average Bonchev–Trinajstić information content (AvgIpc) is 2.74. The summed E-state index contributed by atoms with van der Waals surface area (Å²) in [5, 5.41) is 0. The number of nitrogens with zero attached hydrogens (tertiary/aromatic N) is 1. The number of halogens is 2. The molecule has 0 spiro atoms. The predicted molar refractivity (Wildman–Crippen MR) is 59.0 cm³/mol. The fourth-order valence-corrected chi connectivity index (χ4v) is 2.27. The van der Waals surface area contributed by atoms with Gasteiger partial charge in [-0.05, 0) is 18.6 Å². The molecule has 0 atom stereocenters. The van der Waals surface area contributed by atoms with Crippen molar-refractivity contribution in [1.82, 2.24) is 0 Å². The van der Waals surface area contributed by atoms with Crippen LogP contribution >= 0.6 is 0 Å². The highest BCUT2D eigenvalue weighted by Crippen LogP contribution is 2.37. The van der Waals surface area contributed by atoms with E-state index in [1.54, 1.807) is 23.1 Å². The van der Waals surface area contributed by atoms with Gasteiger partial charge in [0.05, 0.1) is 6.54 Å². The Labute approximate surface area is 97.9 Å². The van der Waals surface area contributed by atoms with E-state index in [9.17, 15) is 8.78 Å². The van der Waals surface area contributed by atoms with Gasteiger partial charge < -0.3 is 14.4 Å². The molecule has 2 aliphatic rings. The Morgan fingerprint density at radius 1 is 1.18 bits per heavy atom. The lowest BCUT2D eigenvalue weighted by molar-refractivity contribution is -0.0116. The number of hydrogen-bond donors (Lipinski definition) is 0. The third kappa shape index (κ3) is 2.01. The lowest BCUT2D eigenvalue weighted by atomic mass is 10.1. The van der Waals surface area contributed by atoms with Crippen LogP contribution in [0.25, 0.3) is 0 Å². The second-order valence-corrected chi connectivity index (χ2v) is 4.42. The van der Waals surface area contributed by atoms with Crippen LogP contribution < -0.4 is 14.4 Å². The van der Waals surface area contributed by atoms with E-state index in [-0.39, 0.29) is 19.8 Å². The highest BCUT2D eigenvalue weighted by Gasteiger charge is 2.35. The number of piperidine rings is 1. The van der Waals surface area contributed by atoms with Crippen LogP contribution in [0.5, 0.6) is 11.5 Å². The molecule has 1 aromatic carbocycles. The fraction of sp³-hybridized carbons (Fsp3) is 0.500. The fourth-order valence-electron chi connectivity index (χ4n) is 2.27. The van der Waals surface area contributed by atoms with Crippen molar-refractivity contribution in [2.24, 2.45) is 0 Å². The third-order valence-corrected chi connectivity index (χ3v) is 3.11. The summed E-state index contributed by atoms with van der Waals surface area (Å²) in [4.78, 5) is 1.70. The summed E-state index contributed by atoms with van der Waals surface area (Å²) in [6, 6.07) is 5.34. The number of fused-ring (bicyclic) bond motifs is 1. The molecule has 0 amide bonds. The smallest absolute Gasteiger partial charge is 0.265 e. The van der Waals surface area contributed by atoms with Gasteiger partial charge in [0.15, 0.2) is 11.5 Å². The van der Waals surface area contributed by atoms with Gasteiger partial charge in [-0.15, -0.1) is 0 Å². The van der Waals surface area contributed by atoms with Gasteiger partial charge in [0, 0.05) is 24.7 Å². The van der Waals surface area contributed by atoms with Crippen molar-refractivity contribution in [2.75, 3.05) is 24.8 Å². The van der Waals surface area contributed by atoms with Crippen molar-refractivity contribution in [2.45, 2.75) is 18.8 Å². The molecule has 0 aromatic heterocycles. The van der Waals surface area contributed by atoms with Crippen LogP contribution in [0, 0.1) is 0 Å². The van der Waals surface area contributed by atoms with E-state index in [0.29, 0.717) is 24.5 Å². The maximum Gasteiger partial charge on any atom is 0.265 e. The molecule has 0 bridgehead atoms. The Hall–Kier alpha value is -1.52. The summed E-state index contributed by atoms with van der Waals surface area (Å²) < 4.78 is 37.1. The van der Waals surface area contributed by atoms with E-state index in [2.05, 4.69) is 0 Å². The molecule has 5 heteroatoms. The monoisotopic (exact) mass is 241 g/mol. The van der Waals surface area contributed by atoms with Gasteiger partial charge in [-0.1, -0.05) is 0 Å². The topological polar surface area (TPSA) is 21.7 Å². The molecular formula is C12H13F2NO2. The molecule has 0 unspecified atom stereocenters. The molecule has 17 heavy (non-hydrogen) atoms. The van der Waals surface area contributed by atoms with Gasteiger partial charge in [0.1, 0.15) is 0 Å². The number of benzene rings is 1. The van der Waals surface area contributed by atoms with E-state index >= 15 is 0 Å². The summed E-state index contributed by atoms with van der Waals surface area (Å²) in [6.07, 6.45) is 0.496. The van der Waals surface area contributed by atoms with E-state index in [0.717, 1.165) is 5.69 Å². The molecule has 92 valence electrons. The SMILES string of the molecule is FC1(F)CCCN(c2ccc3c(c2)OCO3)C1. The molecule has 2 aliphatic heterocycles. The second-order valence-electron chi connectivity index (χ2n) is 4.42. The van der Waals surface area contributed by atoms with Crippen LogP contribution in [0.1, 0.15) is 12.8 Å². The zero-order chi connectivity index (χ0) is 11.9. The lowest BCUT2D eigenvalue weighted by Crippen LogP contribution is -2.42. The van der Waals surface area contributed by atoms with Gasteiger partial charge in [-0.25, -0.2) is 8.78 Å². The van der Waals surface area contributed by atoms with Crippen molar-refractivity contribution in [3.05, 3.63) is 18.2 Å². The zero-order valence-electron chi connectivity index (χ0n) is 9.29. The molecule has 0 saturated carbocycles. The number of alkyl halides is 2. The maximum atomic E-state index is 13.3. The van der Waals surface area contributed by atoms with E-state index in [4.69, 9.17) is 9.47 Å². The summed E-state index contributed by atoms with van der Waals surface area (Å²) >= 11 is 0. The molecule has 1 saturated heterocycles. The Morgan fingerprint density at radius 3 is 2.82 bits per heavy atom. The zero-order valence-corrected chi connectivity index (χ0v) is 9.29. The number of rotatable bonds is 1. The van der Waals surface area contributed by atoms with Crippen molar-refractivity contribution in [1.29, 1.82) is 0 Å². The number of ether oxygens (including phenoxy) is 2. The normalized spacial score (nSPS) is 21.6. The van der Waals surface area contributed by atoms with Crippen LogP contribution in [0.4, 0.5) is 14.5 Å². The molecule has 0 aliphatic carbocycles. The van der Waals surface area contributed by atoms with Crippen molar-refractivity contribution in [3.8, 4) is 11.5 Å². The van der Waals surface area contributed by atoms with Crippen molar-refractivity contribution < 1.29 is 18.3 Å². The van der Waals surface area contributed by atoms with Gasteiger partial charge >= 0.3 is 0 Å². The van der Waals surface area contributed by atoms with Crippen LogP contribution in [0.2, 0.25) is 0 Å². The second kappa shape index (κ2) is 3.75. The van der Waals surface area contributed by atoms with E-state index < -0.39 is 5.92 Å². The molecular weight excluding hydrogens is 228 g/mol. The Bertz CT molecular complexity index is 437. The minimum Gasteiger partial charge on any atom is -0.454 e. The van der Waals surface area contributed by atoms with Crippen LogP contribution in [0.15, 0.2) is 18.2 Å². The molecule has 3 rings (SSSR count). The van der Waals surface area contributed by atoms with Crippen LogP contribution in [0.3, 0.4) is 0 Å². The third-order valence-electron chi connectivity index (χ3n) is 3.11. The largest absolute Gasteiger partial charge is 0.454 e. The first-order valence-electron chi connectivity index (χ1n) is 5.66. The quantitative estimate of drug-likeness (QED) is 0.754. The highest BCUT2D eigenvalue weighted by atomic mass is 19.3. The first kappa shape index (κ1) is 10.6. The van der Waals surface area contributed by atoms with Crippen LogP contribution in [-0.2, 0) is 0 Å². The van der Waals surface area contributed by atoms with E-state index in [1.807, 2.05) is 0 Å². The standard InChI is InChI=1S/C12H13F2NO2/c13-12(14)4-1-5-15(7-12)9-2-3-10-11(6-9)17-8-16-10/h2-3,6H,1,4-5,7-8H2. The van der Waals surface area contributed by atoms with Crippen molar-refractivity contribution >= 4 is 5.69 Å². The Morgan fingerprint density at radius 2 is 2.00 bits per heavy atom. The summed E-state index contributed by atoms with van der Waals surface area (Å²) in [7, 11) is 0. The minimum absolute atomic E-state index is 0.0198. The lowest BCUT2D eigenvalue weighted by Gasteiger charge is -2.34. The van der Waals surface area contributed by atoms with Crippen molar-refractivity contribution in [3.63, 3.8) is 0 Å². The van der Waals surface area contributed by atoms with Crippen LogP contribution in [-0.4, -0.2) is 25.8 Å². The molecule has 1 aromatic rings. The molecule has 0 N–H and O–H groups in total. The maximum absolute atomic E-state index is 13.3. The van der Waals surface area contributed by atoms with Gasteiger partial charge in [-0.2, -0.15) is 0 Å². The summed E-state index contributed by atoms with van der Waals surface area (Å²) in [6.45, 7) is 0.650. The minimum atomic E-state index is -2.59. The van der Waals surface area contributed by atoms with E-state index in [1.165, 1.54) is 0 Å². The first-order chi connectivity index (χ1) is 8.14. The molecule has 0 radical (unpaired) electrons. The summed E-state index contributed by atoms with van der Waals surface area (Å²) in [5.74, 6) is -1.27. The average molecular weight is 241 g/mol. The predicted octanol–water partition coefficient (Wildman–Crippen LogP) is 2.65. The Kier molecular flexibility index (Phi) is 2.34. The molecule has 2 heterocycles. The number of anilines is 1. The summed E-state index contributed by atoms with van der Waals surface area (Å²) in [5.41, 5.74) is 0.772. The molecule has 1 fully saturated rings. The van der Waals surface area contributed by atoms with Gasteiger partial charge in [-0.3, -0.25) is 0 Å². The highest BCUT2D eigenvalue weighted by molar-refractivity contribution is 5.57. The van der Waals surface area contributed by atoms with Gasteiger partial charge in [0.2, 0.25) is 6.79 Å². The Balaban J connectivity index is 1.84. The number of hydrogen-bond acceptors (Lipinski definition) is 3. The molecule has 3 nitrogen and oxygen atoms in total.